The molecule has 19 heavy (non-hydrogen) atoms. The molecule has 0 radical (unpaired) electrons. The Hall–Kier alpha value is -1.84. The first-order valence-electron chi connectivity index (χ1n) is 6.70. The van der Waals surface area contributed by atoms with Gasteiger partial charge in [0.1, 0.15) is 0 Å². The lowest BCUT2D eigenvalue weighted by Crippen LogP contribution is -2.32. The summed E-state index contributed by atoms with van der Waals surface area (Å²) in [7, 11) is 0. The normalized spacial score (nSPS) is 14.3. The molecule has 0 aliphatic heterocycles. The number of para-hydroxylation sites is 2. The fourth-order valence-electron chi connectivity index (χ4n) is 2.02. The van der Waals surface area contributed by atoms with E-state index in [0.29, 0.717) is 5.69 Å². The van der Waals surface area contributed by atoms with Gasteiger partial charge in [0.25, 0.3) is 0 Å². The second-order valence-electron chi connectivity index (χ2n) is 5.28. The minimum Gasteiger partial charge on any atom is -0.324 e. The summed E-state index contributed by atoms with van der Waals surface area (Å²) in [5, 5.41) is 2.90. The largest absolute Gasteiger partial charge is 0.324 e. The van der Waals surface area contributed by atoms with Crippen LogP contribution in [-0.4, -0.2) is 17.9 Å². The number of nitrogens with one attached hydrogen (secondary N) is 1. The van der Waals surface area contributed by atoms with Gasteiger partial charge in [-0.25, -0.2) is 0 Å². The summed E-state index contributed by atoms with van der Waals surface area (Å²) in [6, 6.07) is 7.77. The van der Waals surface area contributed by atoms with E-state index < -0.39 is 0 Å². The Bertz CT molecular complexity index is 493. The average molecular weight is 260 g/mol. The topological polar surface area (TPSA) is 49.4 Å². The van der Waals surface area contributed by atoms with E-state index in [9.17, 15) is 9.59 Å². The van der Waals surface area contributed by atoms with Gasteiger partial charge in [-0.05, 0) is 25.0 Å². The van der Waals surface area contributed by atoms with Crippen molar-refractivity contribution < 1.29 is 9.59 Å². The van der Waals surface area contributed by atoms with Crippen LogP contribution in [0.15, 0.2) is 24.3 Å². The Kier molecular flexibility index (Phi) is 3.88. The molecule has 1 fully saturated rings. The van der Waals surface area contributed by atoms with Gasteiger partial charge in [-0.3, -0.25) is 9.59 Å². The summed E-state index contributed by atoms with van der Waals surface area (Å²) in [5.74, 6) is -0.0970. The highest BCUT2D eigenvalue weighted by Crippen LogP contribution is 2.36. The third-order valence-electron chi connectivity index (χ3n) is 3.20. The van der Waals surface area contributed by atoms with E-state index in [1.807, 2.05) is 38.1 Å². The van der Waals surface area contributed by atoms with Crippen molar-refractivity contribution in [1.82, 2.24) is 0 Å². The summed E-state index contributed by atoms with van der Waals surface area (Å²) >= 11 is 0. The molecule has 0 aromatic heterocycles. The quantitative estimate of drug-likeness (QED) is 0.905. The Morgan fingerprint density at radius 1 is 1.26 bits per heavy atom. The lowest BCUT2D eigenvalue weighted by molar-refractivity contribution is -0.119. The molecule has 4 heteroatoms. The second-order valence-corrected chi connectivity index (χ2v) is 5.28. The van der Waals surface area contributed by atoms with Crippen LogP contribution in [-0.2, 0) is 9.59 Å². The lowest BCUT2D eigenvalue weighted by atomic mass is 10.2. The molecule has 1 N–H and O–H groups in total. The molecule has 0 spiro atoms. The van der Waals surface area contributed by atoms with Crippen molar-refractivity contribution in [3.8, 4) is 0 Å². The molecule has 0 unspecified atom stereocenters. The van der Waals surface area contributed by atoms with Crippen molar-refractivity contribution in [2.75, 3.05) is 10.2 Å². The molecule has 2 amide bonds. The van der Waals surface area contributed by atoms with Crippen molar-refractivity contribution in [3.05, 3.63) is 24.3 Å². The van der Waals surface area contributed by atoms with Crippen LogP contribution in [0.3, 0.4) is 0 Å². The Morgan fingerprint density at radius 2 is 1.89 bits per heavy atom. The summed E-state index contributed by atoms with van der Waals surface area (Å²) in [5.41, 5.74) is 1.51. The van der Waals surface area contributed by atoms with Crippen molar-refractivity contribution in [3.63, 3.8) is 0 Å². The number of nitrogens with zero attached hydrogens (tertiary/aromatic N) is 1. The second kappa shape index (κ2) is 5.43. The molecule has 1 aliphatic carbocycles. The molecule has 0 saturated heterocycles. The molecule has 1 aromatic carbocycles. The fraction of sp³-hybridized carbons (Fsp3) is 0.467. The predicted molar refractivity (Wildman–Crippen MR) is 76.1 cm³/mol. The summed E-state index contributed by atoms with van der Waals surface area (Å²) in [6.45, 7) is 5.27. The lowest BCUT2D eigenvalue weighted by Gasteiger charge is -2.24. The number of anilines is 2. The van der Waals surface area contributed by atoms with E-state index in [2.05, 4.69) is 5.32 Å². The molecule has 1 aromatic rings. The van der Waals surface area contributed by atoms with Crippen LogP contribution >= 0.6 is 0 Å². The molecule has 4 nitrogen and oxygen atoms in total. The van der Waals surface area contributed by atoms with Gasteiger partial charge < -0.3 is 10.2 Å². The SMILES string of the molecule is CC(=O)N(c1ccccc1NC(=O)C(C)C)C1CC1. The van der Waals surface area contributed by atoms with Crippen molar-refractivity contribution in [1.29, 1.82) is 0 Å². The van der Waals surface area contributed by atoms with Crippen molar-refractivity contribution >= 4 is 23.2 Å². The van der Waals surface area contributed by atoms with E-state index in [1.165, 1.54) is 0 Å². The Balaban J connectivity index is 2.29. The van der Waals surface area contributed by atoms with E-state index in [4.69, 9.17) is 0 Å². The monoisotopic (exact) mass is 260 g/mol. The van der Waals surface area contributed by atoms with Gasteiger partial charge in [-0.15, -0.1) is 0 Å². The van der Waals surface area contributed by atoms with Crippen LogP contribution in [0.25, 0.3) is 0 Å². The van der Waals surface area contributed by atoms with Crippen LogP contribution in [0.2, 0.25) is 0 Å². The van der Waals surface area contributed by atoms with Crippen LogP contribution < -0.4 is 10.2 Å². The first-order valence-corrected chi connectivity index (χ1v) is 6.70. The van der Waals surface area contributed by atoms with E-state index in [1.54, 1.807) is 11.8 Å². The van der Waals surface area contributed by atoms with Gasteiger partial charge in [0.2, 0.25) is 11.8 Å². The third kappa shape index (κ3) is 3.13. The number of hydrogen-bond acceptors (Lipinski definition) is 2. The zero-order valence-electron chi connectivity index (χ0n) is 11.6. The van der Waals surface area contributed by atoms with Crippen molar-refractivity contribution in [2.45, 2.75) is 39.7 Å². The highest BCUT2D eigenvalue weighted by atomic mass is 16.2. The predicted octanol–water partition coefficient (Wildman–Crippen LogP) is 2.80. The van der Waals surface area contributed by atoms with E-state index >= 15 is 0 Å². The molecular weight excluding hydrogens is 240 g/mol. The first kappa shape index (κ1) is 13.6. The van der Waals surface area contributed by atoms with Gasteiger partial charge >= 0.3 is 0 Å². The van der Waals surface area contributed by atoms with Crippen LogP contribution in [0, 0.1) is 5.92 Å². The maximum Gasteiger partial charge on any atom is 0.226 e. The van der Waals surface area contributed by atoms with Crippen LogP contribution in [0.5, 0.6) is 0 Å². The molecule has 102 valence electrons. The molecule has 1 saturated carbocycles. The third-order valence-corrected chi connectivity index (χ3v) is 3.20. The maximum atomic E-state index is 11.8. The summed E-state index contributed by atoms with van der Waals surface area (Å²) in [6.07, 6.45) is 2.07. The molecule has 0 heterocycles. The zero-order valence-corrected chi connectivity index (χ0v) is 11.6. The zero-order chi connectivity index (χ0) is 14.0. The molecule has 0 atom stereocenters. The highest BCUT2D eigenvalue weighted by Gasteiger charge is 2.33. The Morgan fingerprint density at radius 3 is 2.42 bits per heavy atom. The fourth-order valence-corrected chi connectivity index (χ4v) is 2.02. The van der Waals surface area contributed by atoms with Crippen LogP contribution in [0.1, 0.15) is 33.6 Å². The van der Waals surface area contributed by atoms with Crippen molar-refractivity contribution in [2.24, 2.45) is 5.92 Å². The minimum atomic E-state index is -0.0836. The van der Waals surface area contributed by atoms with Gasteiger partial charge in [0.05, 0.1) is 11.4 Å². The van der Waals surface area contributed by atoms with Crippen LogP contribution in [0.4, 0.5) is 11.4 Å². The molecule has 1 aliphatic rings. The van der Waals surface area contributed by atoms with E-state index in [0.717, 1.165) is 18.5 Å². The maximum absolute atomic E-state index is 11.8. The number of benzene rings is 1. The number of rotatable bonds is 4. The van der Waals surface area contributed by atoms with Gasteiger partial charge in [-0.2, -0.15) is 0 Å². The summed E-state index contributed by atoms with van der Waals surface area (Å²) in [4.78, 5) is 25.4. The first-order chi connectivity index (χ1) is 9.00. The molecule has 2 rings (SSSR count). The number of hydrogen-bond donors (Lipinski definition) is 1. The number of amides is 2. The minimum absolute atomic E-state index is 0.0220. The number of carbonyl (C=O) groups excluding carboxylic acids is 2. The molecule has 0 bridgehead atoms. The van der Waals surface area contributed by atoms with Gasteiger partial charge in [0, 0.05) is 18.9 Å². The standard InChI is InChI=1S/C15H20N2O2/c1-10(2)15(19)16-13-6-4-5-7-14(13)17(11(3)18)12-8-9-12/h4-7,10,12H,8-9H2,1-3H3,(H,16,19). The highest BCUT2D eigenvalue weighted by molar-refractivity contribution is 6.01. The van der Waals surface area contributed by atoms with Gasteiger partial charge in [-0.1, -0.05) is 26.0 Å². The molecular formula is C15H20N2O2. The summed E-state index contributed by atoms with van der Waals surface area (Å²) < 4.78 is 0. The average Bonchev–Trinajstić information content (AvgIpc) is 3.15. The smallest absolute Gasteiger partial charge is 0.226 e. The van der Waals surface area contributed by atoms with E-state index in [-0.39, 0.29) is 23.8 Å². The Labute approximate surface area is 113 Å². The van der Waals surface area contributed by atoms with Gasteiger partial charge in [0.15, 0.2) is 0 Å². The number of carbonyl (C=O) groups is 2.